The Labute approximate surface area is 150 Å². The van der Waals surface area contributed by atoms with Crippen molar-refractivity contribution in [3.63, 3.8) is 0 Å². The number of amides is 2. The van der Waals surface area contributed by atoms with Gasteiger partial charge in [0.1, 0.15) is 15.5 Å². The van der Waals surface area contributed by atoms with Gasteiger partial charge in [-0.05, 0) is 45.4 Å². The zero-order chi connectivity index (χ0) is 18.4. The van der Waals surface area contributed by atoms with E-state index in [1.807, 2.05) is 12.1 Å². The van der Waals surface area contributed by atoms with Gasteiger partial charge in [-0.3, -0.25) is 9.78 Å². The Morgan fingerprint density at radius 2 is 1.84 bits per heavy atom. The Bertz CT molecular complexity index is 738. The zero-order valence-electron chi connectivity index (χ0n) is 14.8. The number of nitrogens with zero attached hydrogens (tertiary/aromatic N) is 2. The average molecular weight is 362 g/mol. The highest BCUT2D eigenvalue weighted by Crippen LogP contribution is 2.18. The van der Waals surface area contributed by atoms with Gasteiger partial charge in [0, 0.05) is 18.9 Å². The summed E-state index contributed by atoms with van der Waals surface area (Å²) in [6.45, 7) is 7.80. The predicted octanol–water partition coefficient (Wildman–Crippen LogP) is 2.80. The molecule has 0 fully saturated rings. The summed E-state index contributed by atoms with van der Waals surface area (Å²) in [5.74, 6) is -0.185. The van der Waals surface area contributed by atoms with Crippen LogP contribution in [0.15, 0.2) is 24.5 Å². The highest BCUT2D eigenvalue weighted by Gasteiger charge is 2.18. The second kappa shape index (κ2) is 8.06. The molecule has 0 unspecified atom stereocenters. The first kappa shape index (κ1) is 18.9. The molecule has 134 valence electrons. The van der Waals surface area contributed by atoms with E-state index in [4.69, 9.17) is 4.74 Å². The monoisotopic (exact) mass is 362 g/mol. The van der Waals surface area contributed by atoms with Crippen LogP contribution in [0.5, 0.6) is 0 Å². The Morgan fingerprint density at radius 3 is 2.48 bits per heavy atom. The van der Waals surface area contributed by atoms with Gasteiger partial charge in [0.2, 0.25) is 0 Å². The van der Waals surface area contributed by atoms with Crippen molar-refractivity contribution in [3.8, 4) is 0 Å². The summed E-state index contributed by atoms with van der Waals surface area (Å²) in [4.78, 5) is 32.8. The molecule has 2 aromatic rings. The van der Waals surface area contributed by atoms with Gasteiger partial charge in [0.25, 0.3) is 5.91 Å². The summed E-state index contributed by atoms with van der Waals surface area (Å²) in [6.07, 6.45) is 2.85. The molecule has 0 saturated carbocycles. The summed E-state index contributed by atoms with van der Waals surface area (Å²) in [6, 6.07) is 3.69. The first-order valence-electron chi connectivity index (χ1n) is 7.85. The Kier molecular flexibility index (Phi) is 6.08. The van der Waals surface area contributed by atoms with Crippen molar-refractivity contribution in [2.75, 3.05) is 0 Å². The molecule has 0 radical (unpaired) electrons. The number of thiazole rings is 1. The summed E-state index contributed by atoms with van der Waals surface area (Å²) in [5.41, 5.74) is 1.05. The van der Waals surface area contributed by atoms with E-state index < -0.39 is 11.7 Å². The summed E-state index contributed by atoms with van der Waals surface area (Å²) >= 11 is 1.26. The minimum atomic E-state index is -0.555. The number of aromatic nitrogens is 2. The topological polar surface area (TPSA) is 93.2 Å². The van der Waals surface area contributed by atoms with Gasteiger partial charge >= 0.3 is 6.09 Å². The maximum atomic E-state index is 12.3. The van der Waals surface area contributed by atoms with Crippen molar-refractivity contribution in [1.29, 1.82) is 0 Å². The normalized spacial score (nSPS) is 11.0. The largest absolute Gasteiger partial charge is 0.444 e. The van der Waals surface area contributed by atoms with E-state index in [1.165, 1.54) is 11.3 Å². The molecule has 0 spiro atoms. The molecule has 0 saturated heterocycles. The number of rotatable bonds is 5. The minimum absolute atomic E-state index is 0.185. The second-order valence-electron chi connectivity index (χ2n) is 6.42. The quantitative estimate of drug-likeness (QED) is 0.853. The number of pyridine rings is 1. The summed E-state index contributed by atoms with van der Waals surface area (Å²) in [5, 5.41) is 6.15. The third-order valence-electron chi connectivity index (χ3n) is 3.03. The van der Waals surface area contributed by atoms with E-state index in [-0.39, 0.29) is 12.5 Å². The van der Waals surface area contributed by atoms with E-state index >= 15 is 0 Å². The zero-order valence-corrected chi connectivity index (χ0v) is 15.6. The van der Waals surface area contributed by atoms with Gasteiger partial charge < -0.3 is 15.4 Å². The third-order valence-corrected chi connectivity index (χ3v) is 4.19. The Morgan fingerprint density at radius 1 is 1.16 bits per heavy atom. The molecule has 2 amide bonds. The fourth-order valence-electron chi connectivity index (χ4n) is 1.96. The van der Waals surface area contributed by atoms with E-state index in [0.717, 1.165) is 5.56 Å². The van der Waals surface area contributed by atoms with E-state index in [2.05, 4.69) is 20.6 Å². The highest BCUT2D eigenvalue weighted by molar-refractivity contribution is 7.13. The van der Waals surface area contributed by atoms with Crippen LogP contribution in [0.4, 0.5) is 4.79 Å². The maximum Gasteiger partial charge on any atom is 0.408 e. The first-order chi connectivity index (χ1) is 11.7. The molecule has 0 bridgehead atoms. The van der Waals surface area contributed by atoms with Gasteiger partial charge in [-0.1, -0.05) is 0 Å². The lowest BCUT2D eigenvalue weighted by Gasteiger charge is -2.19. The van der Waals surface area contributed by atoms with Crippen LogP contribution in [0.2, 0.25) is 0 Å². The maximum absolute atomic E-state index is 12.3. The van der Waals surface area contributed by atoms with Gasteiger partial charge in [0.05, 0.1) is 12.2 Å². The lowest BCUT2D eigenvalue weighted by atomic mass is 10.2. The number of carbonyl (C=O) groups is 2. The van der Waals surface area contributed by atoms with Crippen LogP contribution in [-0.2, 0) is 17.8 Å². The molecule has 0 atom stereocenters. The summed E-state index contributed by atoms with van der Waals surface area (Å²) in [7, 11) is 0. The molecule has 0 aliphatic rings. The van der Waals surface area contributed by atoms with Crippen LogP contribution in [0, 0.1) is 6.92 Å². The standard InChI is InChI=1S/C17H22N4O3S/c1-11-14(15(22)19-9-12-5-7-18-8-6-12)25-13(21-11)10-20-16(23)24-17(2,3)4/h5-8H,9-10H2,1-4H3,(H,19,22)(H,20,23). The number of hydrogen-bond acceptors (Lipinski definition) is 6. The van der Waals surface area contributed by atoms with Gasteiger partial charge in [0.15, 0.2) is 0 Å². The van der Waals surface area contributed by atoms with Gasteiger partial charge in [-0.2, -0.15) is 0 Å². The van der Waals surface area contributed by atoms with Crippen LogP contribution >= 0.6 is 11.3 Å². The van der Waals surface area contributed by atoms with Crippen LogP contribution in [0.1, 0.15) is 46.7 Å². The van der Waals surface area contributed by atoms with E-state index in [9.17, 15) is 9.59 Å². The number of ether oxygens (including phenoxy) is 1. The van der Waals surface area contributed by atoms with Crippen molar-refractivity contribution >= 4 is 23.3 Å². The van der Waals surface area contributed by atoms with Crippen molar-refractivity contribution < 1.29 is 14.3 Å². The van der Waals surface area contributed by atoms with Crippen LogP contribution in [0.3, 0.4) is 0 Å². The summed E-state index contributed by atoms with van der Waals surface area (Å²) < 4.78 is 5.17. The van der Waals surface area contributed by atoms with Gasteiger partial charge in [-0.25, -0.2) is 9.78 Å². The molecule has 8 heteroatoms. The Balaban J connectivity index is 1.90. The smallest absolute Gasteiger partial charge is 0.408 e. The number of hydrogen-bond donors (Lipinski definition) is 2. The van der Waals surface area contributed by atoms with Crippen LogP contribution in [-0.4, -0.2) is 27.6 Å². The lowest BCUT2D eigenvalue weighted by molar-refractivity contribution is 0.0523. The predicted molar refractivity (Wildman–Crippen MR) is 95.3 cm³/mol. The molecule has 0 aliphatic heterocycles. The SMILES string of the molecule is Cc1nc(CNC(=O)OC(C)(C)C)sc1C(=O)NCc1ccncc1. The van der Waals surface area contributed by atoms with Crippen molar-refractivity contribution in [1.82, 2.24) is 20.6 Å². The fourth-order valence-corrected chi connectivity index (χ4v) is 2.88. The molecule has 0 aliphatic carbocycles. The minimum Gasteiger partial charge on any atom is -0.444 e. The fraction of sp³-hybridized carbons (Fsp3) is 0.412. The van der Waals surface area contributed by atoms with Crippen molar-refractivity contribution in [2.45, 2.75) is 46.4 Å². The molecule has 0 aromatic carbocycles. The van der Waals surface area contributed by atoms with Crippen molar-refractivity contribution in [2.24, 2.45) is 0 Å². The molecule has 25 heavy (non-hydrogen) atoms. The lowest BCUT2D eigenvalue weighted by Crippen LogP contribution is -2.32. The van der Waals surface area contributed by atoms with Crippen LogP contribution < -0.4 is 10.6 Å². The van der Waals surface area contributed by atoms with E-state index in [0.29, 0.717) is 22.1 Å². The molecule has 2 aromatic heterocycles. The number of alkyl carbamates (subject to hydrolysis) is 1. The number of aryl methyl sites for hydroxylation is 1. The molecule has 2 heterocycles. The molecule has 2 rings (SSSR count). The molecular weight excluding hydrogens is 340 g/mol. The third kappa shape index (κ3) is 6.15. The molecule has 2 N–H and O–H groups in total. The second-order valence-corrected chi connectivity index (χ2v) is 7.50. The van der Waals surface area contributed by atoms with E-state index in [1.54, 1.807) is 40.1 Å². The average Bonchev–Trinajstić information content (AvgIpc) is 2.91. The molecule has 7 nitrogen and oxygen atoms in total. The number of carbonyl (C=O) groups excluding carboxylic acids is 2. The molecular formula is C17H22N4O3S. The van der Waals surface area contributed by atoms with Crippen molar-refractivity contribution in [3.05, 3.63) is 45.7 Å². The Hall–Kier alpha value is -2.48. The van der Waals surface area contributed by atoms with Crippen LogP contribution in [0.25, 0.3) is 0 Å². The first-order valence-corrected chi connectivity index (χ1v) is 8.66. The highest BCUT2D eigenvalue weighted by atomic mass is 32.1. The van der Waals surface area contributed by atoms with Gasteiger partial charge in [-0.15, -0.1) is 11.3 Å². The number of nitrogens with one attached hydrogen (secondary N) is 2.